The Morgan fingerprint density at radius 2 is 0.875 bits per heavy atom. The standard InChI is InChI=1S/C24H44/c1-6-11-17-23(15-8-3)20-13-21-24(16-9-4)19-12-18-22(10-5)14-7-2/h14-16H,6-13,17-21H2,1-5H3/b22-14+,23-15-,24-16+. The summed E-state index contributed by atoms with van der Waals surface area (Å²) in [4.78, 5) is 0. The van der Waals surface area contributed by atoms with Crippen LogP contribution in [0.2, 0.25) is 0 Å². The van der Waals surface area contributed by atoms with Crippen LogP contribution in [0, 0.1) is 0 Å². The molecule has 0 rings (SSSR count). The summed E-state index contributed by atoms with van der Waals surface area (Å²) in [5.41, 5.74) is 5.06. The largest absolute Gasteiger partial charge is 0.0856 e. The van der Waals surface area contributed by atoms with E-state index in [-0.39, 0.29) is 0 Å². The summed E-state index contributed by atoms with van der Waals surface area (Å²) in [6.07, 6.45) is 24.1. The van der Waals surface area contributed by atoms with E-state index in [4.69, 9.17) is 0 Å². The Morgan fingerprint density at radius 1 is 0.500 bits per heavy atom. The number of hydrogen-bond donors (Lipinski definition) is 0. The third-order valence-corrected chi connectivity index (χ3v) is 4.78. The van der Waals surface area contributed by atoms with Crippen molar-refractivity contribution in [2.45, 2.75) is 118 Å². The molecule has 0 aromatic rings. The third-order valence-electron chi connectivity index (χ3n) is 4.78. The molecular formula is C24H44. The summed E-state index contributed by atoms with van der Waals surface area (Å²) in [5, 5.41) is 0. The molecule has 0 radical (unpaired) electrons. The topological polar surface area (TPSA) is 0 Å². The van der Waals surface area contributed by atoms with Gasteiger partial charge in [-0.2, -0.15) is 0 Å². The molecule has 0 nitrogen and oxygen atoms in total. The monoisotopic (exact) mass is 332 g/mol. The number of rotatable bonds is 15. The van der Waals surface area contributed by atoms with Crippen LogP contribution in [0.5, 0.6) is 0 Å². The van der Waals surface area contributed by atoms with E-state index in [0.29, 0.717) is 0 Å². The first-order valence-electron chi connectivity index (χ1n) is 10.7. The van der Waals surface area contributed by atoms with Gasteiger partial charge in [0.2, 0.25) is 0 Å². The van der Waals surface area contributed by atoms with Gasteiger partial charge in [-0.05, 0) is 77.0 Å². The molecule has 0 aromatic heterocycles. The van der Waals surface area contributed by atoms with E-state index >= 15 is 0 Å². The first kappa shape index (κ1) is 23.2. The van der Waals surface area contributed by atoms with Crippen LogP contribution in [0.15, 0.2) is 34.9 Å². The zero-order valence-corrected chi connectivity index (χ0v) is 17.4. The van der Waals surface area contributed by atoms with Gasteiger partial charge in [0, 0.05) is 0 Å². The van der Waals surface area contributed by atoms with Crippen molar-refractivity contribution in [1.82, 2.24) is 0 Å². The summed E-state index contributed by atoms with van der Waals surface area (Å²) >= 11 is 0. The lowest BCUT2D eigenvalue weighted by Gasteiger charge is -2.11. The van der Waals surface area contributed by atoms with Crippen molar-refractivity contribution in [2.75, 3.05) is 0 Å². The maximum Gasteiger partial charge on any atom is -0.0317 e. The minimum atomic E-state index is 1.19. The summed E-state index contributed by atoms with van der Waals surface area (Å²) < 4.78 is 0. The van der Waals surface area contributed by atoms with E-state index in [0.717, 1.165) is 0 Å². The Morgan fingerprint density at radius 3 is 1.25 bits per heavy atom. The first-order valence-corrected chi connectivity index (χ1v) is 10.7. The molecule has 0 spiro atoms. The van der Waals surface area contributed by atoms with Gasteiger partial charge in [0.15, 0.2) is 0 Å². The SMILES string of the molecule is CC/C=C(/CCCC)CCC/C(=C/CC)CCC/C(=C/CC)CC. The number of allylic oxidation sites excluding steroid dienone is 6. The van der Waals surface area contributed by atoms with Crippen molar-refractivity contribution in [3.63, 3.8) is 0 Å². The molecule has 0 aliphatic rings. The van der Waals surface area contributed by atoms with E-state index in [2.05, 4.69) is 52.8 Å². The second-order valence-corrected chi connectivity index (χ2v) is 6.98. The van der Waals surface area contributed by atoms with Crippen LogP contribution in [0.4, 0.5) is 0 Å². The van der Waals surface area contributed by atoms with Crippen molar-refractivity contribution < 1.29 is 0 Å². The normalized spacial score (nSPS) is 13.6. The average molecular weight is 333 g/mol. The van der Waals surface area contributed by atoms with Gasteiger partial charge >= 0.3 is 0 Å². The van der Waals surface area contributed by atoms with Gasteiger partial charge in [-0.1, -0.05) is 76.0 Å². The predicted molar refractivity (Wildman–Crippen MR) is 113 cm³/mol. The maximum absolute atomic E-state index is 2.49. The third kappa shape index (κ3) is 12.6. The Labute approximate surface area is 153 Å². The van der Waals surface area contributed by atoms with E-state index in [1.165, 1.54) is 83.5 Å². The van der Waals surface area contributed by atoms with Crippen LogP contribution < -0.4 is 0 Å². The van der Waals surface area contributed by atoms with Crippen molar-refractivity contribution in [3.05, 3.63) is 34.9 Å². The smallest absolute Gasteiger partial charge is 0.0317 e. The highest BCUT2D eigenvalue weighted by atomic mass is 14.1. The zero-order chi connectivity index (χ0) is 18.0. The summed E-state index contributed by atoms with van der Waals surface area (Å²) in [6, 6.07) is 0. The minimum Gasteiger partial charge on any atom is -0.0856 e. The lowest BCUT2D eigenvalue weighted by Crippen LogP contribution is -1.91. The van der Waals surface area contributed by atoms with Crippen molar-refractivity contribution in [2.24, 2.45) is 0 Å². The summed E-state index contributed by atoms with van der Waals surface area (Å²) in [7, 11) is 0. The lowest BCUT2D eigenvalue weighted by molar-refractivity contribution is 0.687. The Balaban J connectivity index is 4.27. The molecule has 0 bridgehead atoms. The van der Waals surface area contributed by atoms with Crippen LogP contribution in [-0.2, 0) is 0 Å². The highest BCUT2D eigenvalue weighted by Crippen LogP contribution is 2.22. The van der Waals surface area contributed by atoms with Crippen LogP contribution in [0.25, 0.3) is 0 Å². The maximum atomic E-state index is 2.49. The molecule has 0 N–H and O–H groups in total. The van der Waals surface area contributed by atoms with Crippen LogP contribution in [0.3, 0.4) is 0 Å². The fraction of sp³-hybridized carbons (Fsp3) is 0.750. The fourth-order valence-corrected chi connectivity index (χ4v) is 3.44. The summed E-state index contributed by atoms with van der Waals surface area (Å²) in [5.74, 6) is 0. The molecule has 0 saturated heterocycles. The molecule has 0 fully saturated rings. The van der Waals surface area contributed by atoms with Gasteiger partial charge < -0.3 is 0 Å². The van der Waals surface area contributed by atoms with Gasteiger partial charge in [0.1, 0.15) is 0 Å². The highest BCUT2D eigenvalue weighted by molar-refractivity contribution is 5.07. The average Bonchev–Trinajstić information content (AvgIpc) is 2.58. The minimum absolute atomic E-state index is 1.19. The Hall–Kier alpha value is -0.780. The quantitative estimate of drug-likeness (QED) is 0.262. The predicted octanol–water partition coefficient (Wildman–Crippen LogP) is 8.94. The van der Waals surface area contributed by atoms with Crippen LogP contribution >= 0.6 is 0 Å². The van der Waals surface area contributed by atoms with E-state index in [1.807, 2.05) is 0 Å². The molecule has 0 saturated carbocycles. The van der Waals surface area contributed by atoms with Gasteiger partial charge in [-0.3, -0.25) is 0 Å². The zero-order valence-electron chi connectivity index (χ0n) is 17.4. The van der Waals surface area contributed by atoms with E-state index < -0.39 is 0 Å². The van der Waals surface area contributed by atoms with Crippen molar-refractivity contribution in [1.29, 1.82) is 0 Å². The molecule has 0 aliphatic heterocycles. The Bertz CT molecular complexity index is 367. The van der Waals surface area contributed by atoms with E-state index in [1.54, 1.807) is 16.7 Å². The fourth-order valence-electron chi connectivity index (χ4n) is 3.44. The molecule has 0 aromatic carbocycles. The second kappa shape index (κ2) is 17.1. The molecule has 0 heterocycles. The molecule has 24 heavy (non-hydrogen) atoms. The molecule has 0 atom stereocenters. The molecule has 0 aliphatic carbocycles. The van der Waals surface area contributed by atoms with E-state index in [9.17, 15) is 0 Å². The number of hydrogen-bond acceptors (Lipinski definition) is 0. The van der Waals surface area contributed by atoms with Crippen molar-refractivity contribution >= 4 is 0 Å². The highest BCUT2D eigenvalue weighted by Gasteiger charge is 2.02. The number of unbranched alkanes of at least 4 members (excludes halogenated alkanes) is 1. The van der Waals surface area contributed by atoms with Crippen LogP contribution in [0.1, 0.15) is 118 Å². The molecule has 0 heteroatoms. The van der Waals surface area contributed by atoms with Crippen molar-refractivity contribution in [3.8, 4) is 0 Å². The molecular weight excluding hydrogens is 288 g/mol. The second-order valence-electron chi connectivity index (χ2n) is 6.98. The van der Waals surface area contributed by atoms with Gasteiger partial charge in [-0.15, -0.1) is 0 Å². The first-order chi connectivity index (χ1) is 11.7. The summed E-state index contributed by atoms with van der Waals surface area (Å²) in [6.45, 7) is 11.4. The van der Waals surface area contributed by atoms with Gasteiger partial charge in [0.25, 0.3) is 0 Å². The lowest BCUT2D eigenvalue weighted by atomic mass is 9.95. The molecule has 0 unspecified atom stereocenters. The van der Waals surface area contributed by atoms with Gasteiger partial charge in [0.05, 0.1) is 0 Å². The van der Waals surface area contributed by atoms with Gasteiger partial charge in [-0.25, -0.2) is 0 Å². The Kier molecular flexibility index (Phi) is 16.5. The molecule has 0 amide bonds. The molecule has 140 valence electrons. The van der Waals surface area contributed by atoms with Crippen LogP contribution in [-0.4, -0.2) is 0 Å².